The van der Waals surface area contributed by atoms with E-state index in [0.29, 0.717) is 42.9 Å². The van der Waals surface area contributed by atoms with Gasteiger partial charge in [-0.1, -0.05) is 12.1 Å². The molecule has 0 aromatic heterocycles. The van der Waals surface area contributed by atoms with Crippen molar-refractivity contribution in [2.45, 2.75) is 19.5 Å². The van der Waals surface area contributed by atoms with Crippen LogP contribution in [0.25, 0.3) is 0 Å². The number of anilines is 2. The Kier molecular flexibility index (Phi) is 7.33. The molecule has 1 heterocycles. The van der Waals surface area contributed by atoms with Crippen LogP contribution in [0.2, 0.25) is 0 Å². The molecule has 1 aliphatic heterocycles. The lowest BCUT2D eigenvalue weighted by Crippen LogP contribution is -2.40. The molecule has 0 radical (unpaired) electrons. The van der Waals surface area contributed by atoms with Gasteiger partial charge in [-0.2, -0.15) is 8.78 Å². The summed E-state index contributed by atoms with van der Waals surface area (Å²) in [5, 5.41) is 3.11. The van der Waals surface area contributed by atoms with E-state index in [0.717, 1.165) is 18.2 Å². The summed E-state index contributed by atoms with van der Waals surface area (Å²) >= 11 is 0. The highest BCUT2D eigenvalue weighted by molar-refractivity contribution is 6.01. The summed E-state index contributed by atoms with van der Waals surface area (Å²) in [6, 6.07) is 15.6. The number of Topliss-reactive ketones (excluding diaryl/α,β-unsaturated/α-hetero) is 1. The molecular weight excluding hydrogens is 464 g/mol. The average Bonchev–Trinajstić information content (AvgIpc) is 2.86. The third kappa shape index (κ3) is 5.79. The van der Waals surface area contributed by atoms with Crippen molar-refractivity contribution in [2.24, 2.45) is 5.92 Å². The molecular formula is C26H22F4N2O3. The van der Waals surface area contributed by atoms with Gasteiger partial charge in [0.05, 0.1) is 16.8 Å². The number of carbonyl (C=O) groups excluding carboxylic acids is 2. The lowest BCUT2D eigenvalue weighted by Gasteiger charge is -2.32. The van der Waals surface area contributed by atoms with Crippen LogP contribution in [0.5, 0.6) is 5.75 Å². The second-order valence-electron chi connectivity index (χ2n) is 8.13. The van der Waals surface area contributed by atoms with E-state index < -0.39 is 29.9 Å². The van der Waals surface area contributed by atoms with E-state index in [9.17, 15) is 27.2 Å². The minimum absolute atomic E-state index is 0.0189. The van der Waals surface area contributed by atoms with Crippen molar-refractivity contribution in [1.82, 2.24) is 4.90 Å². The highest BCUT2D eigenvalue weighted by Crippen LogP contribution is 2.28. The standard InChI is InChI=1S/C26H22F4N2O3/c27-17-5-10-22(28)21(15-17)24(33)16-11-13-32(14-12-16)25(34)20-3-1-2-4-23(20)31-18-6-8-19(9-7-18)35-26(29)30/h1-10,15-16,26,31H,11-14H2. The van der Waals surface area contributed by atoms with Crippen LogP contribution in [0.15, 0.2) is 66.7 Å². The van der Waals surface area contributed by atoms with Crippen molar-refractivity contribution in [2.75, 3.05) is 18.4 Å². The summed E-state index contributed by atoms with van der Waals surface area (Å²) in [7, 11) is 0. The fourth-order valence-electron chi connectivity index (χ4n) is 4.08. The number of carbonyl (C=O) groups is 2. The van der Waals surface area contributed by atoms with Gasteiger partial charge in [0.1, 0.15) is 17.4 Å². The molecule has 0 aliphatic carbocycles. The predicted molar refractivity (Wildman–Crippen MR) is 122 cm³/mol. The van der Waals surface area contributed by atoms with Gasteiger partial charge in [-0.25, -0.2) is 8.78 Å². The number of ether oxygens (including phenoxy) is 1. The molecule has 182 valence electrons. The average molecular weight is 486 g/mol. The molecule has 1 fully saturated rings. The van der Waals surface area contributed by atoms with E-state index in [1.165, 1.54) is 12.1 Å². The molecule has 4 rings (SSSR count). The van der Waals surface area contributed by atoms with Gasteiger partial charge in [-0.05, 0) is 67.4 Å². The van der Waals surface area contributed by atoms with Gasteiger partial charge in [0.25, 0.3) is 5.91 Å². The van der Waals surface area contributed by atoms with Crippen molar-refractivity contribution in [3.63, 3.8) is 0 Å². The number of hydrogen-bond acceptors (Lipinski definition) is 4. The molecule has 1 aliphatic rings. The normalized spacial score (nSPS) is 14.1. The number of nitrogens with one attached hydrogen (secondary N) is 1. The Morgan fingerprint density at radius 3 is 2.29 bits per heavy atom. The summed E-state index contributed by atoms with van der Waals surface area (Å²) in [4.78, 5) is 27.5. The molecule has 1 amide bonds. The molecule has 35 heavy (non-hydrogen) atoms. The summed E-state index contributed by atoms with van der Waals surface area (Å²) in [5.74, 6) is -2.63. The molecule has 1 N–H and O–H groups in total. The van der Waals surface area contributed by atoms with Crippen LogP contribution in [-0.4, -0.2) is 36.3 Å². The molecule has 0 unspecified atom stereocenters. The Morgan fingerprint density at radius 2 is 1.60 bits per heavy atom. The smallest absolute Gasteiger partial charge is 0.387 e. The fraction of sp³-hybridized carbons (Fsp3) is 0.231. The Labute approximate surface area is 199 Å². The molecule has 0 spiro atoms. The van der Waals surface area contributed by atoms with E-state index in [1.807, 2.05) is 0 Å². The Bertz CT molecular complexity index is 1210. The first kappa shape index (κ1) is 24.3. The van der Waals surface area contributed by atoms with Gasteiger partial charge in [0.2, 0.25) is 0 Å². The van der Waals surface area contributed by atoms with Gasteiger partial charge in [0, 0.05) is 24.7 Å². The van der Waals surface area contributed by atoms with Crippen LogP contribution in [0.1, 0.15) is 33.6 Å². The van der Waals surface area contributed by atoms with Crippen LogP contribution in [-0.2, 0) is 0 Å². The van der Waals surface area contributed by atoms with Gasteiger partial charge < -0.3 is 15.0 Å². The summed E-state index contributed by atoms with van der Waals surface area (Å²) in [6.07, 6.45) is 0.670. The Balaban J connectivity index is 1.42. The van der Waals surface area contributed by atoms with Gasteiger partial charge in [-0.15, -0.1) is 0 Å². The molecule has 0 bridgehead atoms. The number of likely N-dealkylation sites (tertiary alicyclic amines) is 1. The maximum atomic E-state index is 14.0. The minimum Gasteiger partial charge on any atom is -0.435 e. The van der Waals surface area contributed by atoms with E-state index >= 15 is 0 Å². The molecule has 1 saturated heterocycles. The lowest BCUT2D eigenvalue weighted by molar-refractivity contribution is -0.0498. The third-order valence-corrected chi connectivity index (χ3v) is 5.86. The van der Waals surface area contributed by atoms with Crippen LogP contribution < -0.4 is 10.1 Å². The maximum absolute atomic E-state index is 14.0. The maximum Gasteiger partial charge on any atom is 0.387 e. The van der Waals surface area contributed by atoms with Gasteiger partial charge in [-0.3, -0.25) is 9.59 Å². The van der Waals surface area contributed by atoms with Gasteiger partial charge >= 0.3 is 6.61 Å². The van der Waals surface area contributed by atoms with Crippen molar-refractivity contribution < 1.29 is 31.9 Å². The number of piperidine rings is 1. The van der Waals surface area contributed by atoms with E-state index in [1.54, 1.807) is 41.3 Å². The Hall–Kier alpha value is -3.88. The van der Waals surface area contributed by atoms with E-state index in [-0.39, 0.29) is 17.2 Å². The topological polar surface area (TPSA) is 58.6 Å². The summed E-state index contributed by atoms with van der Waals surface area (Å²) < 4.78 is 56.5. The predicted octanol–water partition coefficient (Wildman–Crippen LogP) is 6.04. The van der Waals surface area contributed by atoms with Crippen LogP contribution in [0.4, 0.5) is 28.9 Å². The largest absolute Gasteiger partial charge is 0.435 e. The monoisotopic (exact) mass is 486 g/mol. The number of alkyl halides is 2. The van der Waals surface area contributed by atoms with Crippen molar-refractivity contribution in [1.29, 1.82) is 0 Å². The summed E-state index contributed by atoms with van der Waals surface area (Å²) in [6.45, 7) is -2.33. The first-order valence-corrected chi connectivity index (χ1v) is 11.0. The third-order valence-electron chi connectivity index (χ3n) is 5.86. The van der Waals surface area contributed by atoms with E-state index in [2.05, 4.69) is 10.1 Å². The molecule has 0 atom stereocenters. The number of ketones is 1. The Morgan fingerprint density at radius 1 is 0.914 bits per heavy atom. The second-order valence-corrected chi connectivity index (χ2v) is 8.13. The van der Waals surface area contributed by atoms with Gasteiger partial charge in [0.15, 0.2) is 5.78 Å². The minimum atomic E-state index is -2.92. The number of nitrogens with zero attached hydrogens (tertiary/aromatic N) is 1. The number of halogens is 4. The number of rotatable bonds is 7. The highest BCUT2D eigenvalue weighted by atomic mass is 19.3. The molecule has 3 aromatic carbocycles. The number of amides is 1. The zero-order valence-corrected chi connectivity index (χ0v) is 18.5. The lowest BCUT2D eigenvalue weighted by atomic mass is 9.88. The summed E-state index contributed by atoms with van der Waals surface area (Å²) in [5.41, 5.74) is 1.24. The quantitative estimate of drug-likeness (QED) is 0.327. The van der Waals surface area contributed by atoms with Crippen LogP contribution in [0.3, 0.4) is 0 Å². The van der Waals surface area contributed by atoms with Crippen molar-refractivity contribution >= 4 is 23.1 Å². The van der Waals surface area contributed by atoms with Crippen molar-refractivity contribution in [3.05, 3.63) is 89.5 Å². The first-order valence-electron chi connectivity index (χ1n) is 11.0. The molecule has 5 nitrogen and oxygen atoms in total. The number of para-hydroxylation sites is 1. The molecule has 9 heteroatoms. The molecule has 0 saturated carbocycles. The molecule has 3 aromatic rings. The number of benzene rings is 3. The zero-order chi connectivity index (χ0) is 24.9. The SMILES string of the molecule is O=C(c1cc(F)ccc1F)C1CCN(C(=O)c2ccccc2Nc2ccc(OC(F)F)cc2)CC1. The van der Waals surface area contributed by atoms with E-state index in [4.69, 9.17) is 0 Å². The second kappa shape index (κ2) is 10.6. The van der Waals surface area contributed by atoms with Crippen LogP contribution in [0, 0.1) is 17.6 Å². The zero-order valence-electron chi connectivity index (χ0n) is 18.5. The van der Waals surface area contributed by atoms with Crippen molar-refractivity contribution in [3.8, 4) is 5.75 Å². The fourth-order valence-corrected chi connectivity index (χ4v) is 4.08. The number of hydrogen-bond donors (Lipinski definition) is 1. The van der Waals surface area contributed by atoms with Crippen LogP contribution >= 0.6 is 0 Å². The first-order chi connectivity index (χ1) is 16.8. The highest BCUT2D eigenvalue weighted by Gasteiger charge is 2.30.